The van der Waals surface area contributed by atoms with Crippen LogP contribution in [0, 0.1) is 0 Å². The molecule has 0 saturated carbocycles. The first kappa shape index (κ1) is 25.1. The minimum atomic E-state index is -0.334. The first-order chi connectivity index (χ1) is 15.8. The van der Waals surface area contributed by atoms with E-state index in [9.17, 15) is 4.79 Å². The maximum absolute atomic E-state index is 12.4. The summed E-state index contributed by atoms with van der Waals surface area (Å²) in [6.07, 6.45) is 1.42. The highest BCUT2D eigenvalue weighted by Gasteiger charge is 2.20. The minimum Gasteiger partial charge on any atom is -0.483 e. The highest BCUT2D eigenvalue weighted by Crippen LogP contribution is 2.27. The molecule has 1 unspecified atom stereocenters. The second-order valence-corrected chi connectivity index (χ2v) is 9.53. The van der Waals surface area contributed by atoms with Gasteiger partial charge >= 0.3 is 0 Å². The Hall–Kier alpha value is -2.48. The van der Waals surface area contributed by atoms with Gasteiger partial charge < -0.3 is 10.1 Å². The monoisotopic (exact) mass is 504 g/mol. The van der Waals surface area contributed by atoms with Gasteiger partial charge in [0.15, 0.2) is 17.1 Å². The molecule has 0 aliphatic carbocycles. The van der Waals surface area contributed by atoms with Crippen LogP contribution in [0.2, 0.25) is 10.0 Å². The Bertz CT molecular complexity index is 1100. The Kier molecular flexibility index (Phi) is 8.83. The van der Waals surface area contributed by atoms with E-state index in [4.69, 9.17) is 27.9 Å². The molecule has 1 aromatic heterocycles. The molecule has 2 aromatic carbocycles. The zero-order valence-electron chi connectivity index (χ0n) is 18.7. The largest absolute Gasteiger partial charge is 0.483 e. The van der Waals surface area contributed by atoms with Crippen LogP contribution >= 0.6 is 35.0 Å². The van der Waals surface area contributed by atoms with E-state index in [2.05, 4.69) is 48.1 Å². The fraction of sp³-hybridized carbons (Fsp3) is 0.292. The number of carbonyl (C=O) groups excluding carboxylic acids is 1. The number of ether oxygens (including phenoxy) is 1. The van der Waals surface area contributed by atoms with Crippen molar-refractivity contribution in [3.8, 4) is 5.75 Å². The van der Waals surface area contributed by atoms with Crippen LogP contribution in [0.5, 0.6) is 5.75 Å². The standard InChI is InChI=1S/C24H26Cl2N4O2S/c1-5-10-30-23(16(4)32-21-8-6-17(7-9-21)15(2)3)28-29-24(30)33-14-22(31)27-20-12-18(25)11-19(26)13-20/h5-9,11-13,15-16H,1,10,14H2,2-4H3,(H,27,31). The molecule has 0 spiro atoms. The van der Waals surface area contributed by atoms with Crippen molar-refractivity contribution in [2.45, 2.75) is 44.5 Å². The molecular formula is C24H26Cl2N4O2S. The smallest absolute Gasteiger partial charge is 0.234 e. The van der Waals surface area contributed by atoms with E-state index in [1.807, 2.05) is 23.6 Å². The van der Waals surface area contributed by atoms with Crippen molar-refractivity contribution >= 4 is 46.6 Å². The number of anilines is 1. The zero-order valence-corrected chi connectivity index (χ0v) is 21.0. The van der Waals surface area contributed by atoms with Crippen molar-refractivity contribution in [3.63, 3.8) is 0 Å². The number of halogens is 2. The van der Waals surface area contributed by atoms with E-state index >= 15 is 0 Å². The second kappa shape index (κ2) is 11.6. The number of amides is 1. The van der Waals surface area contributed by atoms with Crippen molar-refractivity contribution in [1.82, 2.24) is 14.8 Å². The number of thioether (sulfide) groups is 1. The number of nitrogens with zero attached hydrogens (tertiary/aromatic N) is 3. The fourth-order valence-corrected chi connectivity index (χ4v) is 4.43. The number of benzene rings is 2. The topological polar surface area (TPSA) is 69.0 Å². The van der Waals surface area contributed by atoms with Gasteiger partial charge in [0.25, 0.3) is 0 Å². The van der Waals surface area contributed by atoms with Gasteiger partial charge in [0, 0.05) is 22.3 Å². The summed E-state index contributed by atoms with van der Waals surface area (Å²) in [4.78, 5) is 12.4. The SMILES string of the molecule is C=CCn1c(SCC(=O)Nc2cc(Cl)cc(Cl)c2)nnc1C(C)Oc1ccc(C(C)C)cc1. The summed E-state index contributed by atoms with van der Waals surface area (Å²) >= 11 is 13.3. The maximum Gasteiger partial charge on any atom is 0.234 e. The average molecular weight is 505 g/mol. The van der Waals surface area contributed by atoms with E-state index in [1.165, 1.54) is 17.3 Å². The lowest BCUT2D eigenvalue weighted by atomic mass is 10.0. The number of allylic oxidation sites excluding steroid dienone is 1. The quantitative estimate of drug-likeness (QED) is 0.243. The molecule has 1 amide bonds. The number of hydrogen-bond donors (Lipinski definition) is 1. The van der Waals surface area contributed by atoms with Crippen LogP contribution in [-0.4, -0.2) is 26.4 Å². The van der Waals surface area contributed by atoms with E-state index < -0.39 is 0 Å². The first-order valence-electron chi connectivity index (χ1n) is 10.5. The molecular weight excluding hydrogens is 479 g/mol. The molecule has 0 radical (unpaired) electrons. The van der Waals surface area contributed by atoms with Gasteiger partial charge in [0.05, 0.1) is 5.75 Å². The molecule has 1 N–H and O–H groups in total. The summed E-state index contributed by atoms with van der Waals surface area (Å²) in [7, 11) is 0. The van der Waals surface area contributed by atoms with Gasteiger partial charge in [-0.15, -0.1) is 16.8 Å². The van der Waals surface area contributed by atoms with Crippen molar-refractivity contribution in [2.24, 2.45) is 0 Å². The van der Waals surface area contributed by atoms with E-state index in [0.717, 1.165) is 5.75 Å². The third kappa shape index (κ3) is 7.00. The Balaban J connectivity index is 1.66. The van der Waals surface area contributed by atoms with Gasteiger partial charge in [-0.2, -0.15) is 0 Å². The van der Waals surface area contributed by atoms with Crippen molar-refractivity contribution < 1.29 is 9.53 Å². The summed E-state index contributed by atoms with van der Waals surface area (Å²) in [6.45, 7) is 10.5. The average Bonchev–Trinajstić information content (AvgIpc) is 3.15. The molecule has 0 bridgehead atoms. The molecule has 0 saturated heterocycles. The predicted molar refractivity (Wildman–Crippen MR) is 136 cm³/mol. The first-order valence-corrected chi connectivity index (χ1v) is 12.2. The molecule has 1 atom stereocenters. The zero-order chi connectivity index (χ0) is 24.0. The summed E-state index contributed by atoms with van der Waals surface area (Å²) in [5.41, 5.74) is 1.79. The minimum absolute atomic E-state index is 0.144. The Morgan fingerprint density at radius 1 is 1.15 bits per heavy atom. The summed E-state index contributed by atoms with van der Waals surface area (Å²) in [6, 6.07) is 12.9. The molecule has 6 nitrogen and oxygen atoms in total. The molecule has 3 rings (SSSR count). The lowest BCUT2D eigenvalue weighted by molar-refractivity contribution is -0.113. The Morgan fingerprint density at radius 2 is 1.82 bits per heavy atom. The lowest BCUT2D eigenvalue weighted by Crippen LogP contribution is -2.15. The number of carbonyl (C=O) groups is 1. The van der Waals surface area contributed by atoms with Crippen LogP contribution in [0.1, 0.15) is 44.2 Å². The van der Waals surface area contributed by atoms with Crippen molar-refractivity contribution in [2.75, 3.05) is 11.1 Å². The molecule has 33 heavy (non-hydrogen) atoms. The summed E-state index contributed by atoms with van der Waals surface area (Å²) < 4.78 is 7.99. The molecule has 0 aliphatic rings. The third-order valence-electron chi connectivity index (χ3n) is 4.76. The maximum atomic E-state index is 12.4. The molecule has 0 aliphatic heterocycles. The predicted octanol–water partition coefficient (Wildman–Crippen LogP) is 6.77. The van der Waals surface area contributed by atoms with Crippen molar-refractivity contribution in [3.05, 3.63) is 76.6 Å². The number of aromatic nitrogens is 3. The van der Waals surface area contributed by atoms with Crippen LogP contribution in [0.4, 0.5) is 5.69 Å². The third-order valence-corrected chi connectivity index (χ3v) is 6.16. The number of rotatable bonds is 10. The van der Waals surface area contributed by atoms with Crippen LogP contribution in [0.15, 0.2) is 60.3 Å². The molecule has 9 heteroatoms. The van der Waals surface area contributed by atoms with E-state index in [-0.39, 0.29) is 17.8 Å². The summed E-state index contributed by atoms with van der Waals surface area (Å²) in [5, 5.41) is 12.9. The van der Waals surface area contributed by atoms with Crippen molar-refractivity contribution in [1.29, 1.82) is 0 Å². The van der Waals surface area contributed by atoms with E-state index in [1.54, 1.807) is 24.3 Å². The molecule has 0 fully saturated rings. The van der Waals surface area contributed by atoms with Gasteiger partial charge in [0.1, 0.15) is 5.75 Å². The van der Waals surface area contributed by atoms with Crippen LogP contribution in [0.3, 0.4) is 0 Å². The van der Waals surface area contributed by atoms with Gasteiger partial charge in [-0.05, 0) is 48.7 Å². The summed E-state index contributed by atoms with van der Waals surface area (Å²) in [5.74, 6) is 1.81. The van der Waals surface area contributed by atoms with Gasteiger partial charge in [-0.1, -0.05) is 67.0 Å². The molecule has 1 heterocycles. The Morgan fingerprint density at radius 3 is 2.42 bits per heavy atom. The van der Waals surface area contributed by atoms with Gasteiger partial charge in [0.2, 0.25) is 5.91 Å². The fourth-order valence-electron chi connectivity index (χ4n) is 3.15. The lowest BCUT2D eigenvalue weighted by Gasteiger charge is -2.16. The highest BCUT2D eigenvalue weighted by molar-refractivity contribution is 7.99. The van der Waals surface area contributed by atoms with Crippen LogP contribution in [0.25, 0.3) is 0 Å². The van der Waals surface area contributed by atoms with Gasteiger partial charge in [-0.25, -0.2) is 0 Å². The highest BCUT2D eigenvalue weighted by atomic mass is 35.5. The molecule has 174 valence electrons. The normalized spacial score (nSPS) is 11.9. The van der Waals surface area contributed by atoms with Crippen LogP contribution in [-0.2, 0) is 11.3 Å². The number of nitrogens with one attached hydrogen (secondary N) is 1. The van der Waals surface area contributed by atoms with Crippen LogP contribution < -0.4 is 10.1 Å². The number of hydrogen-bond acceptors (Lipinski definition) is 5. The molecule has 3 aromatic rings. The van der Waals surface area contributed by atoms with E-state index in [0.29, 0.717) is 39.2 Å². The second-order valence-electron chi connectivity index (χ2n) is 7.72. The Labute approximate surface area is 208 Å². The van der Waals surface area contributed by atoms with Gasteiger partial charge in [-0.3, -0.25) is 9.36 Å².